The molecule has 0 spiro atoms. The highest BCUT2D eigenvalue weighted by Gasteiger charge is 2.54. The highest BCUT2D eigenvalue weighted by molar-refractivity contribution is 8.00. The number of oxime groups is 1. The summed E-state index contributed by atoms with van der Waals surface area (Å²) in [5.41, 5.74) is 11.5. The summed E-state index contributed by atoms with van der Waals surface area (Å²) in [5.74, 6) is -2.80. The summed E-state index contributed by atoms with van der Waals surface area (Å²) < 4.78 is 15.1. The van der Waals surface area contributed by atoms with Crippen molar-refractivity contribution in [2.24, 2.45) is 15.9 Å². The molecule has 5 heterocycles. The molecule has 5 rings (SSSR count). The summed E-state index contributed by atoms with van der Waals surface area (Å²) in [6.07, 6.45) is 5.29. The van der Waals surface area contributed by atoms with Crippen LogP contribution in [0.3, 0.4) is 0 Å². The van der Waals surface area contributed by atoms with Crippen molar-refractivity contribution in [1.29, 1.82) is 0 Å². The smallest absolute Gasteiger partial charge is 0.352 e. The number of aromatic nitrogens is 1. The third-order valence-electron chi connectivity index (χ3n) is 6.01. The molecule has 0 aliphatic carbocycles. The molecule has 0 radical (unpaired) electrons. The van der Waals surface area contributed by atoms with Gasteiger partial charge in [0.25, 0.3) is 17.8 Å². The number of carboxylic acid groups (broad SMARTS) is 1. The number of β-lactam (4-membered cyclic amide) rings is 1. The Morgan fingerprint density at radius 1 is 1.37 bits per heavy atom. The number of carbonyl (C=O) groups excluding carboxylic acids is 3. The highest BCUT2D eigenvalue weighted by Crippen LogP contribution is 2.40. The van der Waals surface area contributed by atoms with Crippen LogP contribution in [-0.2, 0) is 33.5 Å². The number of oxazole rings is 1. The molecule has 2 unspecified atom stereocenters. The predicted octanol–water partition coefficient (Wildman–Crippen LogP) is -1.34. The standard InChI is InChI=1S/C23H24N8O9S/c1-2-37-14(32)8-39-29-15(12-7-38-22(24)27-12)18(33)28-16-19(34)31-17(21(35)36)10(9-41-20(16)31)5-30-4-3-11-13(6-30)40-23(25)26-11/h3-4,6-7,16,20,23H,2,5,8-9,25H2,1H3,(H2,24,27)(H,28,33)(H,35,36)/b29-15+/t16?,20-,23?/m1/s1. The number of nitrogens with two attached hydrogens (primary N) is 2. The Bertz CT molecular complexity index is 1450. The first-order chi connectivity index (χ1) is 19.7. The molecule has 4 aliphatic heterocycles. The average Bonchev–Trinajstić information content (AvgIpc) is 3.53. The molecular weight excluding hydrogens is 564 g/mol. The number of nitrogens with zero attached hydrogens (tertiary/aromatic N) is 5. The van der Waals surface area contributed by atoms with Gasteiger partial charge in [-0.15, -0.1) is 11.8 Å². The Balaban J connectivity index is 1.29. The number of hydrogen-bond acceptors (Lipinski definition) is 15. The van der Waals surface area contributed by atoms with Gasteiger partial charge in [-0.3, -0.25) is 20.2 Å². The van der Waals surface area contributed by atoms with E-state index in [0.29, 0.717) is 17.0 Å². The zero-order chi connectivity index (χ0) is 29.3. The lowest BCUT2D eigenvalue weighted by molar-refractivity contribution is -0.150. The van der Waals surface area contributed by atoms with E-state index < -0.39 is 53.8 Å². The number of esters is 1. The Hall–Kier alpha value is -4.84. The van der Waals surface area contributed by atoms with Gasteiger partial charge >= 0.3 is 11.9 Å². The highest BCUT2D eigenvalue weighted by atomic mass is 32.2. The number of ether oxygens (including phenoxy) is 2. The second-order valence-electron chi connectivity index (χ2n) is 8.71. The molecule has 3 atom stereocenters. The van der Waals surface area contributed by atoms with E-state index in [9.17, 15) is 24.3 Å². The zero-order valence-electron chi connectivity index (χ0n) is 21.4. The van der Waals surface area contributed by atoms with E-state index in [1.54, 1.807) is 30.3 Å². The number of carbonyl (C=O) groups is 4. The maximum Gasteiger partial charge on any atom is 0.352 e. The first-order valence-electron chi connectivity index (χ1n) is 12.1. The summed E-state index contributed by atoms with van der Waals surface area (Å²) in [6.45, 7) is 1.31. The fourth-order valence-corrected chi connectivity index (χ4v) is 5.62. The number of hydrogen-bond donors (Lipinski definition) is 4. The second-order valence-corrected chi connectivity index (χ2v) is 9.82. The number of rotatable bonds is 10. The topological polar surface area (TPSA) is 238 Å². The maximum atomic E-state index is 13.1. The molecule has 41 heavy (non-hydrogen) atoms. The van der Waals surface area contributed by atoms with Crippen LogP contribution in [0.4, 0.5) is 6.01 Å². The summed E-state index contributed by atoms with van der Waals surface area (Å²) in [4.78, 5) is 65.8. The Morgan fingerprint density at radius 2 is 2.17 bits per heavy atom. The van der Waals surface area contributed by atoms with Crippen molar-refractivity contribution < 1.29 is 43.0 Å². The third-order valence-corrected chi connectivity index (χ3v) is 7.35. The van der Waals surface area contributed by atoms with Gasteiger partial charge in [0.2, 0.25) is 13.0 Å². The van der Waals surface area contributed by atoms with Gasteiger partial charge in [0.1, 0.15) is 34.8 Å². The van der Waals surface area contributed by atoms with Crippen LogP contribution in [0.1, 0.15) is 12.6 Å². The molecule has 1 fully saturated rings. The van der Waals surface area contributed by atoms with Gasteiger partial charge in [0.05, 0.1) is 6.61 Å². The van der Waals surface area contributed by atoms with Crippen LogP contribution >= 0.6 is 11.8 Å². The van der Waals surface area contributed by atoms with Crippen LogP contribution in [0.2, 0.25) is 0 Å². The minimum absolute atomic E-state index is 0.110. The van der Waals surface area contributed by atoms with Crippen molar-refractivity contribution >= 4 is 53.0 Å². The van der Waals surface area contributed by atoms with Crippen LogP contribution in [0.5, 0.6) is 0 Å². The van der Waals surface area contributed by atoms with Crippen LogP contribution < -0.4 is 16.8 Å². The number of fused-ring (bicyclic) bond motifs is 2. The fourth-order valence-electron chi connectivity index (χ4n) is 4.29. The lowest BCUT2D eigenvalue weighted by Crippen LogP contribution is -2.71. The maximum absolute atomic E-state index is 13.1. The number of anilines is 1. The SMILES string of the molecule is CCOC(=O)CO/N=C(/C(=O)NC1C(=O)N2C(C(=O)O)=C(CN3C=CC4=NC(N)OC4=C3)CS[C@H]12)c1coc(N)n1. The lowest BCUT2D eigenvalue weighted by atomic mass is 10.0. The van der Waals surface area contributed by atoms with Crippen molar-refractivity contribution in [3.63, 3.8) is 0 Å². The van der Waals surface area contributed by atoms with Crippen LogP contribution in [0.25, 0.3) is 0 Å². The van der Waals surface area contributed by atoms with E-state index in [2.05, 4.69) is 20.4 Å². The summed E-state index contributed by atoms with van der Waals surface area (Å²) >= 11 is 1.28. The number of allylic oxidation sites excluding steroid dienone is 1. The average molecular weight is 589 g/mol. The molecule has 1 aromatic heterocycles. The monoisotopic (exact) mass is 588 g/mol. The molecule has 17 nitrogen and oxygen atoms in total. The second kappa shape index (κ2) is 11.3. The van der Waals surface area contributed by atoms with Crippen molar-refractivity contribution in [2.45, 2.75) is 24.7 Å². The Labute approximate surface area is 235 Å². The van der Waals surface area contributed by atoms with E-state index in [-0.39, 0.29) is 36.3 Å². The van der Waals surface area contributed by atoms with E-state index in [0.717, 1.165) is 11.2 Å². The molecular formula is C23H24N8O9S. The predicted molar refractivity (Wildman–Crippen MR) is 140 cm³/mol. The van der Waals surface area contributed by atoms with Gasteiger partial charge in [-0.1, -0.05) is 5.16 Å². The Morgan fingerprint density at radius 3 is 2.88 bits per heavy atom. The van der Waals surface area contributed by atoms with Gasteiger partial charge in [-0.25, -0.2) is 14.6 Å². The van der Waals surface area contributed by atoms with Gasteiger partial charge in [-0.05, 0) is 18.6 Å². The first kappa shape index (κ1) is 27.7. The van der Waals surface area contributed by atoms with Crippen molar-refractivity contribution in [3.05, 3.63) is 47.5 Å². The molecule has 1 saturated heterocycles. The molecule has 2 amide bonds. The summed E-state index contributed by atoms with van der Waals surface area (Å²) in [6, 6.07) is -1.33. The fraction of sp³-hybridized carbons (Fsp3) is 0.348. The largest absolute Gasteiger partial charge is 0.477 e. The Kier molecular flexibility index (Phi) is 7.66. The normalized spacial score (nSPS) is 23.1. The molecule has 0 saturated carbocycles. The van der Waals surface area contributed by atoms with Crippen molar-refractivity contribution in [2.75, 3.05) is 31.2 Å². The molecule has 18 heteroatoms. The van der Waals surface area contributed by atoms with Gasteiger partial charge < -0.3 is 39.8 Å². The quantitative estimate of drug-likeness (QED) is 0.107. The molecule has 216 valence electrons. The van der Waals surface area contributed by atoms with Crippen LogP contribution in [0.15, 0.2) is 56.3 Å². The van der Waals surface area contributed by atoms with Gasteiger partial charge in [0.15, 0.2) is 11.5 Å². The first-order valence-corrected chi connectivity index (χ1v) is 13.1. The molecule has 4 aliphatic rings. The molecule has 0 aromatic carbocycles. The molecule has 6 N–H and O–H groups in total. The lowest BCUT2D eigenvalue weighted by Gasteiger charge is -2.49. The number of aliphatic carboxylic acids is 1. The third kappa shape index (κ3) is 5.59. The number of nitrogens with one attached hydrogen (secondary N) is 1. The van der Waals surface area contributed by atoms with E-state index in [1.165, 1.54) is 11.8 Å². The summed E-state index contributed by atoms with van der Waals surface area (Å²) in [7, 11) is 0. The van der Waals surface area contributed by atoms with E-state index in [1.807, 2.05) is 0 Å². The van der Waals surface area contributed by atoms with Gasteiger partial charge in [-0.2, -0.15) is 4.98 Å². The van der Waals surface area contributed by atoms with Crippen molar-refractivity contribution in [1.82, 2.24) is 20.1 Å². The number of aliphatic imine (C=N–C) groups is 1. The summed E-state index contributed by atoms with van der Waals surface area (Å²) in [5, 5.41) is 15.5. The minimum Gasteiger partial charge on any atom is -0.477 e. The number of carboxylic acids is 1. The zero-order valence-corrected chi connectivity index (χ0v) is 22.2. The number of thioether (sulfide) groups is 1. The number of nitrogen functional groups attached to an aromatic ring is 1. The van der Waals surface area contributed by atoms with E-state index in [4.69, 9.17) is 30.2 Å². The van der Waals surface area contributed by atoms with E-state index >= 15 is 0 Å². The number of amides is 2. The minimum atomic E-state index is -1.29. The molecule has 0 bridgehead atoms. The molecule has 1 aromatic rings. The van der Waals surface area contributed by atoms with Gasteiger partial charge in [0, 0.05) is 24.7 Å². The van der Waals surface area contributed by atoms with Crippen LogP contribution in [0, 0.1) is 0 Å². The van der Waals surface area contributed by atoms with Crippen LogP contribution in [-0.4, -0.2) is 98.3 Å². The van der Waals surface area contributed by atoms with Crippen molar-refractivity contribution in [3.8, 4) is 0 Å².